The van der Waals surface area contributed by atoms with Gasteiger partial charge in [-0.1, -0.05) is 6.07 Å². The summed E-state index contributed by atoms with van der Waals surface area (Å²) in [6.45, 7) is 2.41. The van der Waals surface area contributed by atoms with Gasteiger partial charge >= 0.3 is 5.97 Å². The van der Waals surface area contributed by atoms with Crippen molar-refractivity contribution in [3.63, 3.8) is 0 Å². The number of hydrogen-bond donors (Lipinski definition) is 1. The summed E-state index contributed by atoms with van der Waals surface area (Å²) in [5, 5.41) is 4.56. The summed E-state index contributed by atoms with van der Waals surface area (Å²) in [4.78, 5) is 23.3. The summed E-state index contributed by atoms with van der Waals surface area (Å²) in [5.74, 6) is -0.502. The maximum Gasteiger partial charge on any atom is 0.307 e. The molecule has 1 heterocycles. The van der Waals surface area contributed by atoms with Gasteiger partial charge < -0.3 is 10.1 Å². The number of hydrogen-bond acceptors (Lipinski definition) is 4. The smallest absolute Gasteiger partial charge is 0.307 e. The van der Waals surface area contributed by atoms with Crippen molar-refractivity contribution >= 4 is 29.3 Å². The van der Waals surface area contributed by atoms with Gasteiger partial charge in [0, 0.05) is 17.5 Å². The van der Waals surface area contributed by atoms with Gasteiger partial charge in [0.25, 0.3) is 0 Å². The molecule has 1 aromatic rings. The topological polar surface area (TPSA) is 55.4 Å². The van der Waals surface area contributed by atoms with E-state index >= 15 is 0 Å². The molecule has 0 unspecified atom stereocenters. The van der Waals surface area contributed by atoms with Gasteiger partial charge in [-0.15, -0.1) is 11.3 Å². The largest absolute Gasteiger partial charge is 0.466 e. The third-order valence-corrected chi connectivity index (χ3v) is 2.71. The second-order valence-corrected chi connectivity index (χ2v) is 4.17. The molecule has 0 saturated carbocycles. The lowest BCUT2D eigenvalue weighted by atomic mass is 10.4. The maximum absolute atomic E-state index is 11.3. The molecule has 0 aromatic carbocycles. The van der Waals surface area contributed by atoms with Crippen LogP contribution in [0.15, 0.2) is 23.6 Å². The fourth-order valence-corrected chi connectivity index (χ4v) is 1.74. The van der Waals surface area contributed by atoms with E-state index < -0.39 is 0 Å². The quantitative estimate of drug-likeness (QED) is 0.621. The highest BCUT2D eigenvalue weighted by Crippen LogP contribution is 2.09. The zero-order valence-electron chi connectivity index (χ0n) is 9.64. The first-order chi connectivity index (χ1) is 8.22. The van der Waals surface area contributed by atoms with Gasteiger partial charge in [0.2, 0.25) is 5.91 Å². The highest BCUT2D eigenvalue weighted by Gasteiger charge is 2.01. The summed E-state index contributed by atoms with van der Waals surface area (Å²) in [6.07, 6.45) is 3.40. The highest BCUT2D eigenvalue weighted by molar-refractivity contribution is 7.10. The van der Waals surface area contributed by atoms with E-state index in [0.29, 0.717) is 13.2 Å². The monoisotopic (exact) mass is 253 g/mol. The van der Waals surface area contributed by atoms with Gasteiger partial charge in [-0.25, -0.2) is 0 Å². The Morgan fingerprint density at radius 1 is 1.53 bits per heavy atom. The molecule has 0 aliphatic heterocycles. The molecule has 0 radical (unpaired) electrons. The van der Waals surface area contributed by atoms with Crippen molar-refractivity contribution < 1.29 is 14.3 Å². The molecule has 4 nitrogen and oxygen atoms in total. The lowest BCUT2D eigenvalue weighted by Gasteiger charge is -2.02. The van der Waals surface area contributed by atoms with Gasteiger partial charge in [0.15, 0.2) is 0 Å². The molecular weight excluding hydrogens is 238 g/mol. The van der Waals surface area contributed by atoms with Crippen molar-refractivity contribution in [1.82, 2.24) is 5.32 Å². The SMILES string of the molecule is CCOC(=O)CCNC(=O)C=Cc1cccs1. The molecule has 1 amide bonds. The second-order valence-electron chi connectivity index (χ2n) is 3.19. The zero-order valence-corrected chi connectivity index (χ0v) is 10.5. The van der Waals surface area contributed by atoms with Crippen molar-refractivity contribution in [3.8, 4) is 0 Å². The van der Waals surface area contributed by atoms with E-state index in [1.54, 1.807) is 24.3 Å². The van der Waals surface area contributed by atoms with Crippen LogP contribution in [0.5, 0.6) is 0 Å². The number of thiophene rings is 1. The molecule has 0 saturated heterocycles. The molecule has 0 bridgehead atoms. The highest BCUT2D eigenvalue weighted by atomic mass is 32.1. The van der Waals surface area contributed by atoms with Crippen LogP contribution in [-0.2, 0) is 14.3 Å². The van der Waals surface area contributed by atoms with Gasteiger partial charge in [-0.2, -0.15) is 0 Å². The van der Waals surface area contributed by atoms with Crippen LogP contribution in [0.4, 0.5) is 0 Å². The number of amides is 1. The van der Waals surface area contributed by atoms with Gasteiger partial charge in [-0.3, -0.25) is 9.59 Å². The molecule has 1 N–H and O–H groups in total. The molecule has 1 rings (SSSR count). The number of carbonyl (C=O) groups is 2. The standard InChI is InChI=1S/C12H15NO3S/c1-2-16-12(15)7-8-13-11(14)6-5-10-4-3-9-17-10/h3-6,9H,2,7-8H2,1H3,(H,13,14). The number of rotatable bonds is 6. The van der Waals surface area contributed by atoms with Crippen molar-refractivity contribution in [2.45, 2.75) is 13.3 Å². The Bertz CT molecular complexity index is 384. The van der Waals surface area contributed by atoms with E-state index in [2.05, 4.69) is 5.32 Å². The Hall–Kier alpha value is -1.62. The molecule has 0 aliphatic carbocycles. The van der Waals surface area contributed by atoms with Crippen molar-refractivity contribution in [2.24, 2.45) is 0 Å². The first-order valence-corrected chi connectivity index (χ1v) is 6.25. The zero-order chi connectivity index (χ0) is 12.5. The van der Waals surface area contributed by atoms with Crippen LogP contribution in [0, 0.1) is 0 Å². The fraction of sp³-hybridized carbons (Fsp3) is 0.333. The first kappa shape index (κ1) is 13.4. The summed E-state index contributed by atoms with van der Waals surface area (Å²) in [6, 6.07) is 3.84. The number of ether oxygens (including phenoxy) is 1. The number of carbonyl (C=O) groups excluding carboxylic acids is 2. The lowest BCUT2D eigenvalue weighted by molar-refractivity contribution is -0.142. The van der Waals surface area contributed by atoms with Crippen molar-refractivity contribution in [3.05, 3.63) is 28.5 Å². The average Bonchev–Trinajstić information content (AvgIpc) is 2.79. The Kier molecular flexibility index (Phi) is 6.03. The van der Waals surface area contributed by atoms with E-state index in [1.165, 1.54) is 6.08 Å². The molecule has 0 aliphatic rings. The molecule has 92 valence electrons. The van der Waals surface area contributed by atoms with Crippen LogP contribution in [0.25, 0.3) is 6.08 Å². The third kappa shape index (κ3) is 5.87. The van der Waals surface area contributed by atoms with Crippen LogP contribution < -0.4 is 5.32 Å². The summed E-state index contributed by atoms with van der Waals surface area (Å²) < 4.78 is 4.74. The van der Waals surface area contributed by atoms with Crippen LogP contribution in [-0.4, -0.2) is 25.0 Å². The molecule has 0 spiro atoms. The fourth-order valence-electron chi connectivity index (χ4n) is 1.12. The van der Waals surface area contributed by atoms with Gasteiger partial charge in [0.1, 0.15) is 0 Å². The summed E-state index contributed by atoms with van der Waals surface area (Å²) in [5.41, 5.74) is 0. The lowest BCUT2D eigenvalue weighted by Crippen LogP contribution is -2.24. The molecule has 0 atom stereocenters. The molecule has 1 aromatic heterocycles. The Balaban J connectivity index is 2.19. The van der Waals surface area contributed by atoms with Crippen molar-refractivity contribution in [2.75, 3.05) is 13.2 Å². The van der Waals surface area contributed by atoms with E-state index in [0.717, 1.165) is 4.88 Å². The first-order valence-electron chi connectivity index (χ1n) is 5.37. The maximum atomic E-state index is 11.3. The Morgan fingerprint density at radius 2 is 2.35 bits per heavy atom. The molecular formula is C12H15NO3S. The van der Waals surface area contributed by atoms with Crippen LogP contribution in [0.3, 0.4) is 0 Å². The molecule has 0 fully saturated rings. The van der Waals surface area contributed by atoms with E-state index in [-0.39, 0.29) is 18.3 Å². The Labute approximate surface area is 104 Å². The second kappa shape index (κ2) is 7.62. The minimum atomic E-state index is -0.296. The normalized spacial score (nSPS) is 10.4. The van der Waals surface area contributed by atoms with Gasteiger partial charge in [0.05, 0.1) is 13.0 Å². The predicted octanol–water partition coefficient (Wildman–Crippen LogP) is 1.83. The predicted molar refractivity (Wildman–Crippen MR) is 67.6 cm³/mol. The number of esters is 1. The van der Waals surface area contributed by atoms with E-state index in [4.69, 9.17) is 4.74 Å². The minimum Gasteiger partial charge on any atom is -0.466 e. The van der Waals surface area contributed by atoms with Crippen LogP contribution in [0.2, 0.25) is 0 Å². The minimum absolute atomic E-state index is 0.201. The van der Waals surface area contributed by atoms with Gasteiger partial charge in [-0.05, 0) is 24.4 Å². The summed E-state index contributed by atoms with van der Waals surface area (Å²) in [7, 11) is 0. The Morgan fingerprint density at radius 3 is 3.00 bits per heavy atom. The average molecular weight is 253 g/mol. The van der Waals surface area contributed by atoms with Crippen LogP contribution >= 0.6 is 11.3 Å². The molecule has 17 heavy (non-hydrogen) atoms. The van der Waals surface area contributed by atoms with Crippen LogP contribution in [0.1, 0.15) is 18.2 Å². The summed E-state index contributed by atoms with van der Waals surface area (Å²) >= 11 is 1.56. The third-order valence-electron chi connectivity index (χ3n) is 1.88. The molecule has 5 heteroatoms. The van der Waals surface area contributed by atoms with E-state index in [9.17, 15) is 9.59 Å². The van der Waals surface area contributed by atoms with E-state index in [1.807, 2.05) is 17.5 Å². The van der Waals surface area contributed by atoms with Crippen molar-refractivity contribution in [1.29, 1.82) is 0 Å². The number of nitrogens with one attached hydrogen (secondary N) is 1.